The zero-order chi connectivity index (χ0) is 16.3. The largest absolute Gasteiger partial charge is 0.246 e. The normalized spacial score (nSPS) is 14.7. The first-order chi connectivity index (χ1) is 10.4. The molecule has 2 aromatic rings. The van der Waals surface area contributed by atoms with Crippen LogP contribution in [0.25, 0.3) is 0 Å². The van der Waals surface area contributed by atoms with Crippen molar-refractivity contribution < 1.29 is 0 Å². The summed E-state index contributed by atoms with van der Waals surface area (Å²) in [5.74, 6) is 2.20. The molecule has 2 atom stereocenters. The Kier molecular flexibility index (Phi) is 6.16. The summed E-state index contributed by atoms with van der Waals surface area (Å²) in [6.45, 7) is 13.5. The van der Waals surface area contributed by atoms with E-state index in [1.54, 1.807) is 11.5 Å². The van der Waals surface area contributed by atoms with Gasteiger partial charge in [-0.05, 0) is 48.2 Å². The third kappa shape index (κ3) is 4.39. The molecule has 0 spiro atoms. The number of nitrogens with zero attached hydrogens (tertiary/aromatic N) is 2. The Morgan fingerprint density at radius 3 is 2.14 bits per heavy atom. The molecule has 0 aliphatic carbocycles. The van der Waals surface area contributed by atoms with E-state index in [0.29, 0.717) is 23.7 Å². The molecule has 22 heavy (non-hydrogen) atoms. The minimum absolute atomic E-state index is 0.528. The third-order valence-electron chi connectivity index (χ3n) is 4.21. The zero-order valence-corrected chi connectivity index (χ0v) is 16.2. The first kappa shape index (κ1) is 17.6. The second-order valence-electron chi connectivity index (χ2n) is 6.95. The summed E-state index contributed by atoms with van der Waals surface area (Å²) in [5.41, 5.74) is 2.50. The van der Waals surface area contributed by atoms with Crippen molar-refractivity contribution in [1.82, 2.24) is 9.36 Å². The lowest BCUT2D eigenvalue weighted by Gasteiger charge is -2.12. The minimum atomic E-state index is 0.528. The molecule has 2 unspecified atom stereocenters. The maximum absolute atomic E-state index is 4.79. The van der Waals surface area contributed by atoms with Gasteiger partial charge in [0.2, 0.25) is 0 Å². The summed E-state index contributed by atoms with van der Waals surface area (Å²) < 4.78 is 4.64. The highest BCUT2D eigenvalue weighted by Gasteiger charge is 2.16. The van der Waals surface area contributed by atoms with Crippen molar-refractivity contribution in [2.75, 3.05) is 0 Å². The van der Waals surface area contributed by atoms with Gasteiger partial charge in [0.15, 0.2) is 0 Å². The van der Waals surface area contributed by atoms with Crippen LogP contribution in [0.1, 0.15) is 99.3 Å². The van der Waals surface area contributed by atoms with E-state index in [1.165, 1.54) is 34.1 Å². The van der Waals surface area contributed by atoms with Crippen molar-refractivity contribution in [2.24, 2.45) is 0 Å². The van der Waals surface area contributed by atoms with Gasteiger partial charge in [-0.1, -0.05) is 41.5 Å². The number of thiazole rings is 1. The summed E-state index contributed by atoms with van der Waals surface area (Å²) in [5, 5.41) is 3.51. The number of rotatable bonds is 7. The van der Waals surface area contributed by atoms with Crippen LogP contribution in [0, 0.1) is 0 Å². The van der Waals surface area contributed by atoms with Crippen LogP contribution in [-0.2, 0) is 0 Å². The van der Waals surface area contributed by atoms with E-state index in [4.69, 9.17) is 4.98 Å². The number of aromatic nitrogens is 2. The van der Waals surface area contributed by atoms with Gasteiger partial charge in [0.1, 0.15) is 0 Å². The van der Waals surface area contributed by atoms with Crippen molar-refractivity contribution in [3.8, 4) is 0 Å². The predicted molar refractivity (Wildman–Crippen MR) is 98.5 cm³/mol. The summed E-state index contributed by atoms with van der Waals surface area (Å²) in [6, 6.07) is 2.30. The molecule has 0 fully saturated rings. The van der Waals surface area contributed by atoms with Crippen LogP contribution in [-0.4, -0.2) is 9.36 Å². The van der Waals surface area contributed by atoms with Crippen molar-refractivity contribution in [3.63, 3.8) is 0 Å². The van der Waals surface area contributed by atoms with Gasteiger partial charge in [-0.2, -0.15) is 4.37 Å². The van der Waals surface area contributed by atoms with E-state index in [1.807, 2.05) is 11.3 Å². The molecule has 0 aliphatic heterocycles. The smallest absolute Gasteiger partial charge is 0.0956 e. The predicted octanol–water partition coefficient (Wildman–Crippen LogP) is 6.53. The average Bonchev–Trinajstić information content (AvgIpc) is 3.12. The summed E-state index contributed by atoms with van der Waals surface area (Å²) >= 11 is 3.48. The molecule has 2 rings (SSSR count). The van der Waals surface area contributed by atoms with E-state index in [9.17, 15) is 0 Å². The summed E-state index contributed by atoms with van der Waals surface area (Å²) in [4.78, 5) is 6.19. The number of hydrogen-bond acceptors (Lipinski definition) is 4. The molecule has 2 nitrogen and oxygen atoms in total. The maximum atomic E-state index is 4.79. The molecular formula is C18H28N2S2. The standard InChI is InChI=1S/C18H28N2S2/c1-11(2)16-10-21-18(19-16)14(6)8-7-13(5)15-9-17(12(3)4)22-20-15/h9-14H,7-8H2,1-6H3. The van der Waals surface area contributed by atoms with Gasteiger partial charge in [-0.25, -0.2) is 4.98 Å². The SMILES string of the molecule is CC(C)c1csc(C(C)CCC(C)c2cc(C(C)C)sn2)n1. The maximum Gasteiger partial charge on any atom is 0.0956 e. The monoisotopic (exact) mass is 336 g/mol. The van der Waals surface area contributed by atoms with Crippen LogP contribution in [0.3, 0.4) is 0 Å². The first-order valence-electron chi connectivity index (χ1n) is 8.30. The molecule has 0 bridgehead atoms. The van der Waals surface area contributed by atoms with Crippen molar-refractivity contribution in [2.45, 2.75) is 78.1 Å². The first-order valence-corrected chi connectivity index (χ1v) is 9.95. The molecule has 0 N–H and O–H groups in total. The molecule has 0 aliphatic rings. The molecule has 0 aromatic carbocycles. The Bertz CT molecular complexity index is 531. The molecule has 2 heterocycles. The average molecular weight is 337 g/mol. The minimum Gasteiger partial charge on any atom is -0.246 e. The van der Waals surface area contributed by atoms with Crippen LogP contribution >= 0.6 is 22.9 Å². The van der Waals surface area contributed by atoms with Gasteiger partial charge in [0.05, 0.1) is 16.4 Å². The fraction of sp³-hybridized carbons (Fsp3) is 0.667. The van der Waals surface area contributed by atoms with E-state index in [2.05, 4.69) is 57.4 Å². The van der Waals surface area contributed by atoms with Crippen molar-refractivity contribution in [1.29, 1.82) is 0 Å². The van der Waals surface area contributed by atoms with Gasteiger partial charge in [0.25, 0.3) is 0 Å². The summed E-state index contributed by atoms with van der Waals surface area (Å²) in [6.07, 6.45) is 2.36. The lowest BCUT2D eigenvalue weighted by Crippen LogP contribution is -1.99. The van der Waals surface area contributed by atoms with E-state index in [-0.39, 0.29) is 0 Å². The van der Waals surface area contributed by atoms with Crippen LogP contribution < -0.4 is 0 Å². The second kappa shape index (κ2) is 7.69. The van der Waals surface area contributed by atoms with Gasteiger partial charge >= 0.3 is 0 Å². The Morgan fingerprint density at radius 2 is 1.59 bits per heavy atom. The zero-order valence-electron chi connectivity index (χ0n) is 14.6. The molecular weight excluding hydrogens is 308 g/mol. The van der Waals surface area contributed by atoms with Crippen LogP contribution in [0.4, 0.5) is 0 Å². The highest BCUT2D eigenvalue weighted by Crippen LogP contribution is 2.32. The lowest BCUT2D eigenvalue weighted by molar-refractivity contribution is 0.565. The van der Waals surface area contributed by atoms with Gasteiger partial charge < -0.3 is 0 Å². The fourth-order valence-corrected chi connectivity index (χ4v) is 4.27. The van der Waals surface area contributed by atoms with Gasteiger partial charge in [-0.15, -0.1) is 11.3 Å². The highest BCUT2D eigenvalue weighted by molar-refractivity contribution is 7.09. The lowest BCUT2D eigenvalue weighted by atomic mass is 9.95. The van der Waals surface area contributed by atoms with Crippen LogP contribution in [0.2, 0.25) is 0 Å². The Labute approximate surface area is 143 Å². The fourth-order valence-electron chi connectivity index (χ4n) is 2.37. The second-order valence-corrected chi connectivity index (χ2v) is 8.68. The number of hydrogen-bond donors (Lipinski definition) is 0. The van der Waals surface area contributed by atoms with E-state index < -0.39 is 0 Å². The van der Waals surface area contributed by atoms with Crippen LogP contribution in [0.15, 0.2) is 11.4 Å². The molecule has 122 valence electrons. The van der Waals surface area contributed by atoms with E-state index in [0.717, 1.165) is 0 Å². The Morgan fingerprint density at radius 1 is 0.909 bits per heavy atom. The topological polar surface area (TPSA) is 25.8 Å². The van der Waals surface area contributed by atoms with Crippen molar-refractivity contribution >= 4 is 22.9 Å². The molecule has 4 heteroatoms. The Balaban J connectivity index is 1.90. The van der Waals surface area contributed by atoms with Crippen LogP contribution in [0.5, 0.6) is 0 Å². The molecule has 0 amide bonds. The highest BCUT2D eigenvalue weighted by atomic mass is 32.1. The van der Waals surface area contributed by atoms with Gasteiger partial charge in [0, 0.05) is 16.2 Å². The van der Waals surface area contributed by atoms with Crippen molar-refractivity contribution in [3.05, 3.63) is 32.7 Å². The third-order valence-corrected chi connectivity index (χ3v) is 6.40. The quantitative estimate of drug-likeness (QED) is 0.574. The molecule has 0 saturated carbocycles. The van der Waals surface area contributed by atoms with Gasteiger partial charge in [-0.3, -0.25) is 0 Å². The Hall–Kier alpha value is -0.740. The molecule has 0 radical (unpaired) electrons. The van der Waals surface area contributed by atoms with E-state index >= 15 is 0 Å². The molecule has 0 saturated heterocycles. The summed E-state index contributed by atoms with van der Waals surface area (Å²) in [7, 11) is 0. The molecule has 2 aromatic heterocycles.